The number of hydrogen-bond acceptors (Lipinski definition) is 4. The van der Waals surface area contributed by atoms with Crippen molar-refractivity contribution in [1.82, 2.24) is 0 Å². The maximum absolute atomic E-state index is 11.6. The van der Waals surface area contributed by atoms with E-state index in [1.807, 2.05) is 17.9 Å². The van der Waals surface area contributed by atoms with Crippen molar-refractivity contribution in [3.63, 3.8) is 0 Å². The lowest BCUT2D eigenvalue weighted by Crippen LogP contribution is -2.29. The standard InChI is InChI=1S/C13H17NO4S/c1-10-4-2-5-11(13(15)16)12(10)14-6-3-8-19(17,18)9-7-14/h2,4-5H,3,6-9H2,1H3,(H,15,16). The molecule has 1 N–H and O–H groups in total. The highest BCUT2D eigenvalue weighted by molar-refractivity contribution is 7.91. The molecule has 0 radical (unpaired) electrons. The van der Waals surface area contributed by atoms with Crippen molar-refractivity contribution < 1.29 is 18.3 Å². The summed E-state index contributed by atoms with van der Waals surface area (Å²) in [6, 6.07) is 5.11. The molecule has 0 amide bonds. The third-order valence-corrected chi connectivity index (χ3v) is 5.06. The number of carbonyl (C=O) groups is 1. The maximum atomic E-state index is 11.6. The fourth-order valence-corrected chi connectivity index (χ4v) is 3.68. The van der Waals surface area contributed by atoms with E-state index in [9.17, 15) is 18.3 Å². The van der Waals surface area contributed by atoms with E-state index in [1.54, 1.807) is 12.1 Å². The Hall–Kier alpha value is -1.56. The predicted octanol–water partition coefficient (Wildman–Crippen LogP) is 1.32. The molecular formula is C13H17NO4S. The molecule has 0 unspecified atom stereocenters. The van der Waals surface area contributed by atoms with Crippen LogP contribution >= 0.6 is 0 Å². The molecule has 5 nitrogen and oxygen atoms in total. The van der Waals surface area contributed by atoms with Gasteiger partial charge in [0.1, 0.15) is 0 Å². The van der Waals surface area contributed by atoms with E-state index in [2.05, 4.69) is 0 Å². The molecule has 6 heteroatoms. The molecule has 0 aromatic heterocycles. The molecule has 1 fully saturated rings. The van der Waals surface area contributed by atoms with Crippen molar-refractivity contribution in [1.29, 1.82) is 0 Å². The second-order valence-corrected chi connectivity index (χ2v) is 7.07. The number of hydrogen-bond donors (Lipinski definition) is 1. The lowest BCUT2D eigenvalue weighted by Gasteiger charge is -2.25. The van der Waals surface area contributed by atoms with E-state index in [0.29, 0.717) is 25.2 Å². The number of aryl methyl sites for hydroxylation is 1. The largest absolute Gasteiger partial charge is 0.478 e. The summed E-state index contributed by atoms with van der Waals surface area (Å²) in [5.41, 5.74) is 1.74. The lowest BCUT2D eigenvalue weighted by atomic mass is 10.1. The Morgan fingerprint density at radius 3 is 2.68 bits per heavy atom. The summed E-state index contributed by atoms with van der Waals surface area (Å²) in [6.45, 7) is 2.78. The van der Waals surface area contributed by atoms with Crippen LogP contribution < -0.4 is 4.90 Å². The van der Waals surface area contributed by atoms with Crippen LogP contribution in [0.4, 0.5) is 5.69 Å². The summed E-state index contributed by atoms with van der Waals surface area (Å²) in [5, 5.41) is 9.25. The van der Waals surface area contributed by atoms with Gasteiger partial charge in [0.05, 0.1) is 22.8 Å². The number of para-hydroxylation sites is 1. The molecule has 1 aromatic carbocycles. The highest BCUT2D eigenvalue weighted by Gasteiger charge is 2.23. The van der Waals surface area contributed by atoms with Gasteiger partial charge in [-0.1, -0.05) is 12.1 Å². The van der Waals surface area contributed by atoms with Gasteiger partial charge in [-0.3, -0.25) is 0 Å². The van der Waals surface area contributed by atoms with Crippen LogP contribution in [0, 0.1) is 6.92 Å². The Morgan fingerprint density at radius 1 is 1.26 bits per heavy atom. The number of nitrogens with zero attached hydrogens (tertiary/aromatic N) is 1. The molecule has 0 aliphatic carbocycles. The summed E-state index contributed by atoms with van der Waals surface area (Å²) < 4.78 is 23.2. The molecular weight excluding hydrogens is 266 g/mol. The first-order valence-electron chi connectivity index (χ1n) is 6.19. The summed E-state index contributed by atoms with van der Waals surface area (Å²) >= 11 is 0. The van der Waals surface area contributed by atoms with Crippen LogP contribution in [-0.2, 0) is 9.84 Å². The van der Waals surface area contributed by atoms with Gasteiger partial charge in [0.25, 0.3) is 0 Å². The SMILES string of the molecule is Cc1cccc(C(=O)O)c1N1CCCS(=O)(=O)CC1. The van der Waals surface area contributed by atoms with Gasteiger partial charge >= 0.3 is 5.97 Å². The van der Waals surface area contributed by atoms with Crippen molar-refractivity contribution in [3.05, 3.63) is 29.3 Å². The van der Waals surface area contributed by atoms with Gasteiger partial charge in [0.2, 0.25) is 0 Å². The Bertz CT molecular complexity index is 595. The number of sulfone groups is 1. The van der Waals surface area contributed by atoms with Gasteiger partial charge in [-0.25, -0.2) is 13.2 Å². The van der Waals surface area contributed by atoms with E-state index < -0.39 is 15.8 Å². The maximum Gasteiger partial charge on any atom is 0.337 e. The van der Waals surface area contributed by atoms with Crippen LogP contribution in [0.25, 0.3) is 0 Å². The minimum absolute atomic E-state index is 0.0837. The molecule has 1 aliphatic rings. The molecule has 0 saturated carbocycles. The van der Waals surface area contributed by atoms with E-state index in [0.717, 1.165) is 5.56 Å². The van der Waals surface area contributed by atoms with Crippen molar-refractivity contribution in [3.8, 4) is 0 Å². The number of anilines is 1. The first-order chi connectivity index (χ1) is 8.91. The second kappa shape index (κ2) is 5.21. The molecule has 1 heterocycles. The van der Waals surface area contributed by atoms with Gasteiger partial charge in [-0.15, -0.1) is 0 Å². The molecule has 0 spiro atoms. The van der Waals surface area contributed by atoms with Gasteiger partial charge in [0.15, 0.2) is 9.84 Å². The Morgan fingerprint density at radius 2 is 2.00 bits per heavy atom. The fraction of sp³-hybridized carbons (Fsp3) is 0.462. The normalized spacial score (nSPS) is 18.9. The Balaban J connectivity index is 2.39. The van der Waals surface area contributed by atoms with Crippen LogP contribution in [0.3, 0.4) is 0 Å². The van der Waals surface area contributed by atoms with Crippen molar-refractivity contribution in [2.45, 2.75) is 13.3 Å². The monoisotopic (exact) mass is 283 g/mol. The summed E-state index contributed by atoms with van der Waals surface area (Å²) in [7, 11) is -3.00. The molecule has 2 rings (SSSR count). The first kappa shape index (κ1) is 13.9. The van der Waals surface area contributed by atoms with Gasteiger partial charge in [-0.05, 0) is 25.0 Å². The molecule has 0 atom stereocenters. The van der Waals surface area contributed by atoms with Crippen molar-refractivity contribution in [2.75, 3.05) is 29.5 Å². The summed E-state index contributed by atoms with van der Waals surface area (Å²) in [6.07, 6.45) is 0.537. The summed E-state index contributed by atoms with van der Waals surface area (Å²) in [5.74, 6) is -0.719. The predicted molar refractivity (Wildman–Crippen MR) is 73.6 cm³/mol. The quantitative estimate of drug-likeness (QED) is 0.886. The van der Waals surface area contributed by atoms with Gasteiger partial charge in [0, 0.05) is 13.1 Å². The van der Waals surface area contributed by atoms with Crippen LogP contribution in [-0.4, -0.2) is 44.1 Å². The van der Waals surface area contributed by atoms with Crippen molar-refractivity contribution >= 4 is 21.5 Å². The molecule has 1 aromatic rings. The number of carboxylic acids is 1. The highest BCUT2D eigenvalue weighted by atomic mass is 32.2. The fourth-order valence-electron chi connectivity index (χ4n) is 2.41. The third kappa shape index (κ3) is 3.07. The van der Waals surface area contributed by atoms with Crippen LogP contribution in [0.15, 0.2) is 18.2 Å². The molecule has 1 aliphatic heterocycles. The van der Waals surface area contributed by atoms with E-state index in [-0.39, 0.29) is 17.1 Å². The van der Waals surface area contributed by atoms with Crippen LogP contribution in [0.1, 0.15) is 22.3 Å². The zero-order chi connectivity index (χ0) is 14.0. The smallest absolute Gasteiger partial charge is 0.337 e. The Kier molecular flexibility index (Phi) is 3.80. The molecule has 0 bridgehead atoms. The second-order valence-electron chi connectivity index (χ2n) is 4.77. The third-order valence-electron chi connectivity index (χ3n) is 3.34. The minimum atomic E-state index is -3.00. The van der Waals surface area contributed by atoms with E-state index in [4.69, 9.17) is 0 Å². The van der Waals surface area contributed by atoms with Crippen molar-refractivity contribution in [2.24, 2.45) is 0 Å². The molecule has 1 saturated heterocycles. The number of carboxylic acid groups (broad SMARTS) is 1. The average molecular weight is 283 g/mol. The number of rotatable bonds is 2. The highest BCUT2D eigenvalue weighted by Crippen LogP contribution is 2.26. The summed E-state index contributed by atoms with van der Waals surface area (Å²) in [4.78, 5) is 13.2. The minimum Gasteiger partial charge on any atom is -0.478 e. The van der Waals surface area contributed by atoms with Gasteiger partial charge < -0.3 is 10.0 Å². The molecule has 19 heavy (non-hydrogen) atoms. The number of benzene rings is 1. The van der Waals surface area contributed by atoms with Gasteiger partial charge in [-0.2, -0.15) is 0 Å². The molecule has 104 valence electrons. The van der Waals surface area contributed by atoms with E-state index >= 15 is 0 Å². The topological polar surface area (TPSA) is 74.7 Å². The van der Waals surface area contributed by atoms with Crippen LogP contribution in [0.2, 0.25) is 0 Å². The zero-order valence-corrected chi connectivity index (χ0v) is 11.6. The van der Waals surface area contributed by atoms with Crippen LogP contribution in [0.5, 0.6) is 0 Å². The Labute approximate surface area is 112 Å². The lowest BCUT2D eigenvalue weighted by molar-refractivity contribution is 0.0697. The van der Waals surface area contributed by atoms with E-state index in [1.165, 1.54) is 0 Å². The zero-order valence-electron chi connectivity index (χ0n) is 10.8. The average Bonchev–Trinajstić information content (AvgIpc) is 2.50. The number of aromatic carboxylic acids is 1. The first-order valence-corrected chi connectivity index (χ1v) is 8.01.